The van der Waals surface area contributed by atoms with Crippen molar-refractivity contribution in [2.75, 3.05) is 5.32 Å². The maximum Gasteiger partial charge on any atom is 0.279 e. The molecule has 0 unspecified atom stereocenters. The van der Waals surface area contributed by atoms with Gasteiger partial charge in [-0.25, -0.2) is 0 Å². The minimum absolute atomic E-state index is 0.160. The van der Waals surface area contributed by atoms with E-state index in [-0.39, 0.29) is 12.3 Å². The molecule has 0 aliphatic carbocycles. The van der Waals surface area contributed by atoms with Gasteiger partial charge in [-0.3, -0.25) is 9.48 Å². The van der Waals surface area contributed by atoms with E-state index in [1.54, 1.807) is 29.8 Å². The van der Waals surface area contributed by atoms with Crippen LogP contribution >= 0.6 is 23.2 Å². The first-order valence-electron chi connectivity index (χ1n) is 10.7. The molecule has 1 amide bonds. The van der Waals surface area contributed by atoms with Crippen LogP contribution in [0.1, 0.15) is 44.2 Å². The lowest BCUT2D eigenvalue weighted by Gasteiger charge is -2.10. The Hall–Kier alpha value is -3.29. The van der Waals surface area contributed by atoms with Crippen LogP contribution in [0.15, 0.2) is 47.0 Å². The number of aryl methyl sites for hydroxylation is 4. The second-order valence-electron chi connectivity index (χ2n) is 8.15. The van der Waals surface area contributed by atoms with Crippen molar-refractivity contribution in [2.45, 2.75) is 40.8 Å². The van der Waals surface area contributed by atoms with Crippen molar-refractivity contribution >= 4 is 34.9 Å². The van der Waals surface area contributed by atoms with Gasteiger partial charge in [0.2, 0.25) is 0 Å². The minimum atomic E-state index is -0.421. The molecule has 0 saturated heterocycles. The van der Waals surface area contributed by atoms with Gasteiger partial charge in [-0.15, -0.1) is 0 Å². The number of benzene rings is 2. The molecule has 176 valence electrons. The minimum Gasteiger partial charge on any atom is -0.488 e. The molecule has 2 aromatic carbocycles. The van der Waals surface area contributed by atoms with Gasteiger partial charge in [0, 0.05) is 11.8 Å². The highest BCUT2D eigenvalue weighted by molar-refractivity contribution is 6.42. The van der Waals surface area contributed by atoms with E-state index in [0.29, 0.717) is 33.7 Å². The van der Waals surface area contributed by atoms with Crippen molar-refractivity contribution in [3.63, 3.8) is 0 Å². The van der Waals surface area contributed by atoms with E-state index in [2.05, 4.69) is 15.6 Å². The maximum atomic E-state index is 13.0. The van der Waals surface area contributed by atoms with E-state index in [0.717, 1.165) is 28.1 Å². The highest BCUT2D eigenvalue weighted by atomic mass is 35.5. The van der Waals surface area contributed by atoms with Crippen LogP contribution in [-0.4, -0.2) is 20.8 Å². The van der Waals surface area contributed by atoms with Gasteiger partial charge in [0.25, 0.3) is 5.91 Å². The van der Waals surface area contributed by atoms with Crippen molar-refractivity contribution in [1.82, 2.24) is 14.9 Å². The van der Waals surface area contributed by atoms with Crippen molar-refractivity contribution in [3.05, 3.63) is 91.9 Å². The average molecular weight is 499 g/mol. The lowest BCUT2D eigenvalue weighted by atomic mass is 10.1. The van der Waals surface area contributed by atoms with Crippen molar-refractivity contribution < 1.29 is 14.1 Å². The zero-order valence-corrected chi connectivity index (χ0v) is 20.8. The first kappa shape index (κ1) is 23.9. The zero-order valence-electron chi connectivity index (χ0n) is 19.3. The number of aromatic nitrogens is 3. The monoisotopic (exact) mass is 498 g/mol. The van der Waals surface area contributed by atoms with Crippen molar-refractivity contribution in [2.24, 2.45) is 0 Å². The molecule has 0 radical (unpaired) electrons. The fourth-order valence-corrected chi connectivity index (χ4v) is 3.89. The highest BCUT2D eigenvalue weighted by Crippen LogP contribution is 2.24. The molecule has 2 heterocycles. The molecule has 0 atom stereocenters. The number of ether oxygens (including phenoxy) is 1. The normalized spacial score (nSPS) is 11.0. The number of hydrogen-bond donors (Lipinski definition) is 1. The Morgan fingerprint density at radius 1 is 1.06 bits per heavy atom. The first-order valence-corrected chi connectivity index (χ1v) is 11.4. The topological polar surface area (TPSA) is 82.2 Å². The predicted octanol–water partition coefficient (Wildman–Crippen LogP) is 6.29. The van der Waals surface area contributed by atoms with Crippen LogP contribution in [0.3, 0.4) is 0 Å². The molecule has 34 heavy (non-hydrogen) atoms. The van der Waals surface area contributed by atoms with Crippen LogP contribution in [0.5, 0.6) is 5.75 Å². The number of hydrogen-bond acceptors (Lipinski definition) is 5. The largest absolute Gasteiger partial charge is 0.488 e. The molecule has 0 aliphatic rings. The Kier molecular flexibility index (Phi) is 6.95. The first-order chi connectivity index (χ1) is 16.2. The Morgan fingerprint density at radius 2 is 1.85 bits per heavy atom. The van der Waals surface area contributed by atoms with Crippen LogP contribution in [0, 0.1) is 27.7 Å². The smallest absolute Gasteiger partial charge is 0.279 e. The summed E-state index contributed by atoms with van der Waals surface area (Å²) in [6.45, 7) is 8.30. The predicted molar refractivity (Wildman–Crippen MR) is 132 cm³/mol. The van der Waals surface area contributed by atoms with Crippen molar-refractivity contribution in [1.29, 1.82) is 0 Å². The van der Waals surface area contributed by atoms with Crippen LogP contribution in [0.4, 0.5) is 5.82 Å². The molecule has 0 spiro atoms. The van der Waals surface area contributed by atoms with Gasteiger partial charge in [-0.05, 0) is 57.0 Å². The molecule has 0 fully saturated rings. The number of rotatable bonds is 7. The summed E-state index contributed by atoms with van der Waals surface area (Å²) >= 11 is 12.1. The highest BCUT2D eigenvalue weighted by Gasteiger charge is 2.22. The fraction of sp³-hybridized carbons (Fsp3) is 0.240. The van der Waals surface area contributed by atoms with Crippen molar-refractivity contribution in [3.8, 4) is 5.75 Å². The third-order valence-electron chi connectivity index (χ3n) is 5.44. The van der Waals surface area contributed by atoms with Crippen LogP contribution < -0.4 is 10.1 Å². The SMILES string of the molecule is Cc1ccc(OCc2c(C(=O)Nc3cc(C)n(Cc4ccc(Cl)c(Cl)c4)n3)noc2C)c(C)c1. The molecule has 1 N–H and O–H groups in total. The quantitative estimate of drug-likeness (QED) is 0.323. The zero-order chi connectivity index (χ0) is 24.4. The fourth-order valence-electron chi connectivity index (χ4n) is 3.57. The maximum absolute atomic E-state index is 13.0. The number of anilines is 1. The molecule has 4 aromatic rings. The van der Waals surface area contributed by atoms with E-state index in [1.807, 2.05) is 45.0 Å². The summed E-state index contributed by atoms with van der Waals surface area (Å²) in [4.78, 5) is 13.0. The summed E-state index contributed by atoms with van der Waals surface area (Å²) in [6.07, 6.45) is 0. The van der Waals surface area contributed by atoms with Crippen LogP contribution in [0.2, 0.25) is 10.0 Å². The Balaban J connectivity index is 1.47. The summed E-state index contributed by atoms with van der Waals surface area (Å²) in [5.74, 6) is 1.25. The summed E-state index contributed by atoms with van der Waals surface area (Å²) in [6, 6.07) is 13.1. The lowest BCUT2D eigenvalue weighted by Crippen LogP contribution is -2.16. The number of halogens is 2. The van der Waals surface area contributed by atoms with E-state index < -0.39 is 5.91 Å². The molecule has 7 nitrogen and oxygen atoms in total. The number of carbonyl (C=O) groups is 1. The Labute approximate surface area is 207 Å². The third-order valence-corrected chi connectivity index (χ3v) is 6.18. The van der Waals surface area contributed by atoms with Gasteiger partial charge in [-0.2, -0.15) is 5.10 Å². The third kappa shape index (κ3) is 5.26. The Bertz CT molecular complexity index is 1360. The number of carbonyl (C=O) groups excluding carboxylic acids is 1. The molecule has 2 aromatic heterocycles. The summed E-state index contributed by atoms with van der Waals surface area (Å²) < 4.78 is 13.0. The van der Waals surface area contributed by atoms with E-state index in [9.17, 15) is 4.79 Å². The number of nitrogens with zero attached hydrogens (tertiary/aromatic N) is 3. The molecule has 0 saturated carbocycles. The lowest BCUT2D eigenvalue weighted by molar-refractivity contribution is 0.101. The van der Waals surface area contributed by atoms with Gasteiger partial charge in [0.1, 0.15) is 18.1 Å². The average Bonchev–Trinajstić information content (AvgIpc) is 3.32. The van der Waals surface area contributed by atoms with Crippen LogP contribution in [-0.2, 0) is 13.2 Å². The molecule has 0 aliphatic heterocycles. The standard InChI is InChI=1S/C25H24Cl2N4O3/c1-14-5-8-22(15(2)9-14)33-13-19-17(4)34-30-24(19)25(32)28-23-10-16(3)31(29-23)12-18-6-7-20(26)21(27)11-18/h5-11H,12-13H2,1-4H3,(H,28,29,32). The second-order valence-corrected chi connectivity index (χ2v) is 8.97. The van der Waals surface area contributed by atoms with Crippen LogP contribution in [0.25, 0.3) is 0 Å². The van der Waals surface area contributed by atoms with Gasteiger partial charge in [-0.1, -0.05) is 52.1 Å². The molecule has 9 heteroatoms. The van der Waals surface area contributed by atoms with E-state index >= 15 is 0 Å². The molecular formula is C25H24Cl2N4O3. The summed E-state index contributed by atoms with van der Waals surface area (Å²) in [5.41, 5.74) is 4.74. The molecular weight excluding hydrogens is 475 g/mol. The van der Waals surface area contributed by atoms with E-state index in [4.69, 9.17) is 32.5 Å². The van der Waals surface area contributed by atoms with Gasteiger partial charge < -0.3 is 14.6 Å². The Morgan fingerprint density at radius 3 is 2.59 bits per heavy atom. The van der Waals surface area contributed by atoms with Gasteiger partial charge >= 0.3 is 0 Å². The van der Waals surface area contributed by atoms with Gasteiger partial charge in [0.05, 0.1) is 22.2 Å². The number of amides is 1. The number of nitrogens with one attached hydrogen (secondary N) is 1. The van der Waals surface area contributed by atoms with Gasteiger partial charge in [0.15, 0.2) is 11.5 Å². The summed E-state index contributed by atoms with van der Waals surface area (Å²) in [5, 5.41) is 12.2. The summed E-state index contributed by atoms with van der Waals surface area (Å²) in [7, 11) is 0. The molecule has 0 bridgehead atoms. The molecule has 4 rings (SSSR count). The van der Waals surface area contributed by atoms with E-state index in [1.165, 1.54) is 0 Å². The second kappa shape index (κ2) is 9.91.